The molecule has 0 radical (unpaired) electrons. The number of halogens is 3. The molecule has 5 rings (SSSR count). The van der Waals surface area contributed by atoms with Crippen LogP contribution in [0, 0.1) is 10.1 Å². The van der Waals surface area contributed by atoms with Gasteiger partial charge in [-0.05, 0) is 54.6 Å². The van der Waals surface area contributed by atoms with E-state index in [0.717, 1.165) is 36.5 Å². The first-order valence-corrected chi connectivity index (χ1v) is 14.6. The van der Waals surface area contributed by atoms with Crippen LogP contribution in [-0.4, -0.2) is 36.3 Å². The molecule has 0 saturated carbocycles. The first-order chi connectivity index (χ1) is 21.8. The average Bonchev–Trinajstić information content (AvgIpc) is 3.02. The number of rotatable bonds is 9. The van der Waals surface area contributed by atoms with Crippen molar-refractivity contribution in [1.82, 2.24) is 4.57 Å². The summed E-state index contributed by atoms with van der Waals surface area (Å²) in [5, 5.41) is 26.9. The highest BCUT2D eigenvalue weighted by molar-refractivity contribution is 7.92. The van der Waals surface area contributed by atoms with Crippen LogP contribution in [0.15, 0.2) is 106 Å². The van der Waals surface area contributed by atoms with E-state index in [1.807, 2.05) is 0 Å². The van der Waals surface area contributed by atoms with Gasteiger partial charge in [-0.15, -0.1) is 0 Å². The number of alkyl halides is 3. The van der Waals surface area contributed by atoms with Crippen LogP contribution in [0.3, 0.4) is 0 Å². The van der Waals surface area contributed by atoms with Crippen molar-refractivity contribution >= 4 is 44.1 Å². The van der Waals surface area contributed by atoms with Crippen LogP contribution in [0.1, 0.15) is 11.1 Å². The minimum atomic E-state index is -4.72. The number of methoxy groups -OCH3 is 1. The van der Waals surface area contributed by atoms with Gasteiger partial charge in [0.25, 0.3) is 21.3 Å². The summed E-state index contributed by atoms with van der Waals surface area (Å²) < 4.78 is 75.0. The SMILES string of the molecule is COc1ccc(NS(=O)(=O)c2cc([N+](=O)[O-])ccc2NN=Cc2c(O)n(-c3cccc(C(F)(F)F)c3)c(=O)c3ccccc23)cc1. The molecule has 0 spiro atoms. The Hall–Kier alpha value is -5.90. The van der Waals surface area contributed by atoms with Gasteiger partial charge >= 0.3 is 6.18 Å². The Morgan fingerprint density at radius 1 is 0.978 bits per heavy atom. The quantitative estimate of drug-likeness (QED) is 0.101. The molecule has 0 saturated heterocycles. The molecule has 0 fully saturated rings. The van der Waals surface area contributed by atoms with E-state index >= 15 is 0 Å². The number of benzene rings is 4. The minimum absolute atomic E-state index is 0.0430. The zero-order valence-electron chi connectivity index (χ0n) is 23.5. The van der Waals surface area contributed by atoms with Crippen molar-refractivity contribution in [3.63, 3.8) is 0 Å². The molecule has 46 heavy (non-hydrogen) atoms. The largest absolute Gasteiger partial charge is 0.497 e. The number of aromatic hydroxyl groups is 1. The zero-order chi connectivity index (χ0) is 33.2. The van der Waals surface area contributed by atoms with Crippen LogP contribution in [0.2, 0.25) is 0 Å². The third-order valence-electron chi connectivity index (χ3n) is 6.72. The van der Waals surface area contributed by atoms with Crippen LogP contribution >= 0.6 is 0 Å². The number of ether oxygens (including phenoxy) is 1. The monoisotopic (exact) mass is 653 g/mol. The number of non-ortho nitro benzene ring substituents is 1. The molecule has 236 valence electrons. The number of sulfonamides is 1. The predicted molar refractivity (Wildman–Crippen MR) is 164 cm³/mol. The summed E-state index contributed by atoms with van der Waals surface area (Å²) in [4.78, 5) is 23.4. The third kappa shape index (κ3) is 6.32. The molecule has 3 N–H and O–H groups in total. The standard InChI is InChI=1S/C30H22F3N5O7S/c1-45-22-12-9-19(10-13-22)36-46(43,44)27-16-21(38(41)42)11-14-26(27)35-34-17-25-23-7-2-3-8-24(23)28(39)37(29(25)40)20-6-4-5-18(15-20)30(31,32)33/h2-17,35-36,40H,1H3. The summed E-state index contributed by atoms with van der Waals surface area (Å²) in [6.07, 6.45) is -3.68. The maximum absolute atomic E-state index is 13.4. The van der Waals surface area contributed by atoms with Crippen molar-refractivity contribution in [3.8, 4) is 17.3 Å². The molecule has 0 bridgehead atoms. The lowest BCUT2D eigenvalue weighted by Gasteiger charge is -2.15. The lowest BCUT2D eigenvalue weighted by Crippen LogP contribution is -2.20. The number of hydrogen-bond donors (Lipinski definition) is 3. The molecule has 5 aromatic rings. The summed E-state index contributed by atoms with van der Waals surface area (Å²) in [5.41, 5.74) is -0.300. The molecule has 4 aromatic carbocycles. The first-order valence-electron chi connectivity index (χ1n) is 13.1. The maximum Gasteiger partial charge on any atom is 0.416 e. The summed E-state index contributed by atoms with van der Waals surface area (Å²) >= 11 is 0. The number of hydrazone groups is 1. The number of pyridine rings is 1. The molecular weight excluding hydrogens is 631 g/mol. The van der Waals surface area contributed by atoms with Crippen LogP contribution in [0.4, 0.5) is 30.2 Å². The van der Waals surface area contributed by atoms with E-state index in [4.69, 9.17) is 4.74 Å². The fraction of sp³-hybridized carbons (Fsp3) is 0.0667. The number of nitro benzene ring substituents is 1. The molecule has 0 unspecified atom stereocenters. The second-order valence-electron chi connectivity index (χ2n) is 9.61. The summed E-state index contributed by atoms with van der Waals surface area (Å²) in [6.45, 7) is 0. The van der Waals surface area contributed by atoms with E-state index in [0.29, 0.717) is 16.4 Å². The van der Waals surface area contributed by atoms with E-state index in [1.54, 1.807) is 6.07 Å². The Labute approximate surface area is 258 Å². The van der Waals surface area contributed by atoms with Gasteiger partial charge in [-0.25, -0.2) is 13.0 Å². The number of fused-ring (bicyclic) bond motifs is 1. The molecule has 1 heterocycles. The molecule has 0 atom stereocenters. The van der Waals surface area contributed by atoms with Crippen LogP contribution < -0.4 is 20.4 Å². The first kappa shape index (κ1) is 31.5. The highest BCUT2D eigenvalue weighted by Gasteiger charge is 2.31. The van der Waals surface area contributed by atoms with Gasteiger partial charge in [0.15, 0.2) is 0 Å². The van der Waals surface area contributed by atoms with Crippen LogP contribution in [-0.2, 0) is 16.2 Å². The van der Waals surface area contributed by atoms with Gasteiger partial charge in [-0.1, -0.05) is 24.3 Å². The Bertz CT molecular complexity index is 2170. The number of nitrogens with zero attached hydrogens (tertiary/aromatic N) is 3. The van der Waals surface area contributed by atoms with Crippen molar-refractivity contribution in [1.29, 1.82) is 0 Å². The Morgan fingerprint density at radius 2 is 1.67 bits per heavy atom. The van der Waals surface area contributed by atoms with E-state index < -0.39 is 48.7 Å². The van der Waals surface area contributed by atoms with Gasteiger partial charge < -0.3 is 9.84 Å². The minimum Gasteiger partial charge on any atom is -0.497 e. The predicted octanol–water partition coefficient (Wildman–Crippen LogP) is 5.88. The molecule has 1 aromatic heterocycles. The third-order valence-corrected chi connectivity index (χ3v) is 8.14. The van der Waals surface area contributed by atoms with Crippen molar-refractivity contribution in [3.05, 3.63) is 123 Å². The Kier molecular flexibility index (Phi) is 8.39. The molecule has 0 aliphatic heterocycles. The summed E-state index contributed by atoms with van der Waals surface area (Å²) in [6, 6.07) is 18.7. The van der Waals surface area contributed by atoms with E-state index in [9.17, 15) is 41.6 Å². The van der Waals surface area contributed by atoms with Crippen molar-refractivity contribution in [2.45, 2.75) is 11.1 Å². The Morgan fingerprint density at radius 3 is 2.33 bits per heavy atom. The molecular formula is C30H22F3N5O7S. The summed E-state index contributed by atoms with van der Waals surface area (Å²) in [5.74, 6) is -0.281. The van der Waals surface area contributed by atoms with Crippen molar-refractivity contribution < 1.29 is 36.4 Å². The lowest BCUT2D eigenvalue weighted by atomic mass is 10.1. The molecule has 16 heteroatoms. The summed E-state index contributed by atoms with van der Waals surface area (Å²) in [7, 11) is -3.01. The van der Waals surface area contributed by atoms with Crippen molar-refractivity contribution in [2.75, 3.05) is 17.3 Å². The number of nitro groups is 1. The van der Waals surface area contributed by atoms with Gasteiger partial charge in [-0.3, -0.25) is 25.1 Å². The molecule has 0 aliphatic rings. The number of hydrogen-bond acceptors (Lipinski definition) is 9. The second-order valence-corrected chi connectivity index (χ2v) is 11.3. The number of aromatic nitrogens is 1. The molecule has 12 nitrogen and oxygen atoms in total. The highest BCUT2D eigenvalue weighted by Crippen LogP contribution is 2.33. The lowest BCUT2D eigenvalue weighted by molar-refractivity contribution is -0.385. The normalized spacial score (nSPS) is 11.9. The van der Waals surface area contributed by atoms with Gasteiger partial charge in [-0.2, -0.15) is 18.3 Å². The average molecular weight is 654 g/mol. The number of nitrogens with one attached hydrogen (secondary N) is 2. The van der Waals surface area contributed by atoms with Crippen molar-refractivity contribution in [2.24, 2.45) is 5.10 Å². The van der Waals surface area contributed by atoms with Crippen LogP contribution in [0.25, 0.3) is 16.5 Å². The van der Waals surface area contributed by atoms with Crippen LogP contribution in [0.5, 0.6) is 11.6 Å². The van der Waals surface area contributed by atoms with E-state index in [-0.39, 0.29) is 33.4 Å². The number of anilines is 2. The molecule has 0 amide bonds. The van der Waals surface area contributed by atoms with Gasteiger partial charge in [0.1, 0.15) is 10.6 Å². The van der Waals surface area contributed by atoms with E-state index in [1.165, 1.54) is 55.6 Å². The topological polar surface area (TPSA) is 165 Å². The highest BCUT2D eigenvalue weighted by atomic mass is 32.2. The van der Waals surface area contributed by atoms with Gasteiger partial charge in [0.05, 0.1) is 40.7 Å². The second kappa shape index (κ2) is 12.2. The Balaban J connectivity index is 1.57. The van der Waals surface area contributed by atoms with Gasteiger partial charge in [0, 0.05) is 28.6 Å². The molecule has 0 aliphatic carbocycles. The van der Waals surface area contributed by atoms with E-state index in [2.05, 4.69) is 15.2 Å². The van der Waals surface area contributed by atoms with Gasteiger partial charge in [0.2, 0.25) is 5.88 Å². The fourth-order valence-corrected chi connectivity index (χ4v) is 5.76. The maximum atomic E-state index is 13.4. The smallest absolute Gasteiger partial charge is 0.416 e. The zero-order valence-corrected chi connectivity index (χ0v) is 24.3. The fourth-order valence-electron chi connectivity index (χ4n) is 4.52.